The van der Waals surface area contributed by atoms with Gasteiger partial charge in [-0.05, 0) is 12.5 Å². The summed E-state index contributed by atoms with van der Waals surface area (Å²) in [4.78, 5) is 8.85. The molecule has 0 spiro atoms. The zero-order valence-corrected chi connectivity index (χ0v) is 12.3. The highest BCUT2D eigenvalue weighted by atomic mass is 32.2. The summed E-state index contributed by atoms with van der Waals surface area (Å²) in [6.45, 7) is 6.78. The topological polar surface area (TPSA) is 47.0 Å². The van der Waals surface area contributed by atoms with Gasteiger partial charge in [0.2, 0.25) is 0 Å². The lowest BCUT2D eigenvalue weighted by Gasteiger charge is -2.08. The third kappa shape index (κ3) is 6.33. The molecule has 0 aromatic carbocycles. The molecule has 1 N–H and O–H groups in total. The van der Waals surface area contributed by atoms with Crippen LogP contribution in [0.4, 0.5) is 0 Å². The highest BCUT2D eigenvalue weighted by Crippen LogP contribution is 2.17. The molecule has 0 radical (unpaired) electrons. The fourth-order valence-electron chi connectivity index (χ4n) is 1.33. The largest absolute Gasteiger partial charge is 0.383 e. The number of nitrogens with one attached hydrogen (secondary N) is 1. The summed E-state index contributed by atoms with van der Waals surface area (Å²) >= 11 is 1.90. The summed E-state index contributed by atoms with van der Waals surface area (Å²) in [5, 5.41) is 3.95. The molecule has 0 bridgehead atoms. The molecule has 0 amide bonds. The number of hydrogen-bond donors (Lipinski definition) is 1. The van der Waals surface area contributed by atoms with Crippen molar-refractivity contribution in [2.24, 2.45) is 0 Å². The molecule has 1 atom stereocenters. The standard InChI is InChI=1S/C13H23N3OS/c1-4-11(2)18-10-13-15-6-5-12(16-13)9-14-7-8-17-3/h5-6,11,14H,4,7-10H2,1-3H3. The van der Waals surface area contributed by atoms with Crippen LogP contribution in [0.15, 0.2) is 12.3 Å². The van der Waals surface area contributed by atoms with Gasteiger partial charge >= 0.3 is 0 Å². The second-order valence-corrected chi connectivity index (χ2v) is 5.59. The molecule has 5 heteroatoms. The Morgan fingerprint density at radius 1 is 1.50 bits per heavy atom. The molecule has 1 heterocycles. The van der Waals surface area contributed by atoms with E-state index in [4.69, 9.17) is 4.74 Å². The second-order valence-electron chi connectivity index (χ2n) is 4.16. The lowest BCUT2D eigenvalue weighted by molar-refractivity contribution is 0.199. The summed E-state index contributed by atoms with van der Waals surface area (Å²) in [5.41, 5.74) is 1.04. The van der Waals surface area contributed by atoms with Gasteiger partial charge in [0, 0.05) is 31.6 Å². The Morgan fingerprint density at radius 3 is 3.06 bits per heavy atom. The number of hydrogen-bond acceptors (Lipinski definition) is 5. The minimum absolute atomic E-state index is 0.664. The molecule has 4 nitrogen and oxygen atoms in total. The molecule has 1 aromatic rings. The molecule has 1 rings (SSSR count). The van der Waals surface area contributed by atoms with Crippen LogP contribution in [0.5, 0.6) is 0 Å². The Balaban J connectivity index is 2.36. The van der Waals surface area contributed by atoms with E-state index in [-0.39, 0.29) is 0 Å². The fraction of sp³-hybridized carbons (Fsp3) is 0.692. The Hall–Kier alpha value is -0.650. The predicted octanol–water partition coefficient (Wildman–Crippen LogP) is 2.24. The van der Waals surface area contributed by atoms with Crippen molar-refractivity contribution < 1.29 is 4.74 Å². The van der Waals surface area contributed by atoms with Gasteiger partial charge in [0.25, 0.3) is 0 Å². The van der Waals surface area contributed by atoms with Gasteiger partial charge in [-0.1, -0.05) is 13.8 Å². The van der Waals surface area contributed by atoms with E-state index in [1.165, 1.54) is 6.42 Å². The van der Waals surface area contributed by atoms with Crippen molar-refractivity contribution >= 4 is 11.8 Å². The van der Waals surface area contributed by atoms with E-state index >= 15 is 0 Å². The molecule has 18 heavy (non-hydrogen) atoms. The maximum Gasteiger partial charge on any atom is 0.138 e. The third-order valence-electron chi connectivity index (χ3n) is 2.62. The first-order valence-electron chi connectivity index (χ1n) is 6.38. The first-order valence-corrected chi connectivity index (χ1v) is 7.43. The van der Waals surface area contributed by atoms with Crippen molar-refractivity contribution in [1.82, 2.24) is 15.3 Å². The lowest BCUT2D eigenvalue weighted by Crippen LogP contribution is -2.19. The van der Waals surface area contributed by atoms with Gasteiger partial charge < -0.3 is 10.1 Å². The van der Waals surface area contributed by atoms with Crippen LogP contribution in [0.1, 0.15) is 31.8 Å². The van der Waals surface area contributed by atoms with E-state index in [0.717, 1.165) is 37.0 Å². The van der Waals surface area contributed by atoms with Gasteiger partial charge in [0.15, 0.2) is 0 Å². The monoisotopic (exact) mass is 269 g/mol. The summed E-state index contributed by atoms with van der Waals surface area (Å²) in [6.07, 6.45) is 3.02. The number of rotatable bonds is 9. The molecule has 0 saturated heterocycles. The number of aromatic nitrogens is 2. The molecule has 102 valence electrons. The average Bonchev–Trinajstić information content (AvgIpc) is 2.41. The van der Waals surface area contributed by atoms with Crippen LogP contribution in [0.2, 0.25) is 0 Å². The molecule has 0 fully saturated rings. The first kappa shape index (κ1) is 15.4. The van der Waals surface area contributed by atoms with E-state index in [0.29, 0.717) is 5.25 Å². The maximum atomic E-state index is 4.98. The van der Waals surface area contributed by atoms with Crippen molar-refractivity contribution in [1.29, 1.82) is 0 Å². The number of nitrogens with zero attached hydrogens (tertiary/aromatic N) is 2. The highest BCUT2D eigenvalue weighted by molar-refractivity contribution is 7.99. The van der Waals surface area contributed by atoms with Crippen LogP contribution in [-0.4, -0.2) is 35.5 Å². The molecular formula is C13H23N3OS. The molecule has 1 aromatic heterocycles. The molecule has 0 aliphatic carbocycles. The van der Waals surface area contributed by atoms with Gasteiger partial charge in [-0.25, -0.2) is 9.97 Å². The Labute approximate surface area is 114 Å². The SMILES string of the molecule is CCC(C)SCc1nccc(CNCCOC)n1. The molecule has 1 unspecified atom stereocenters. The zero-order valence-electron chi connectivity index (χ0n) is 11.5. The van der Waals surface area contributed by atoms with Crippen LogP contribution in [0.3, 0.4) is 0 Å². The van der Waals surface area contributed by atoms with Crippen molar-refractivity contribution in [2.75, 3.05) is 20.3 Å². The molecule has 0 aliphatic heterocycles. The fourth-order valence-corrected chi connectivity index (χ4v) is 2.14. The summed E-state index contributed by atoms with van der Waals surface area (Å²) in [5.74, 6) is 1.81. The quantitative estimate of drug-likeness (QED) is 0.697. The normalized spacial score (nSPS) is 12.6. The van der Waals surface area contributed by atoms with Crippen LogP contribution in [-0.2, 0) is 17.0 Å². The van der Waals surface area contributed by atoms with Crippen LogP contribution in [0, 0.1) is 0 Å². The van der Waals surface area contributed by atoms with Crippen LogP contribution in [0.25, 0.3) is 0 Å². The minimum Gasteiger partial charge on any atom is -0.383 e. The van der Waals surface area contributed by atoms with E-state index in [9.17, 15) is 0 Å². The van der Waals surface area contributed by atoms with Crippen molar-refractivity contribution in [2.45, 2.75) is 37.8 Å². The first-order chi connectivity index (χ1) is 8.76. The highest BCUT2D eigenvalue weighted by Gasteiger charge is 2.03. The molecule has 0 aliphatic rings. The van der Waals surface area contributed by atoms with E-state index in [1.807, 2.05) is 24.0 Å². The minimum atomic E-state index is 0.664. The smallest absolute Gasteiger partial charge is 0.138 e. The second kappa shape index (κ2) is 9.30. The molecular weight excluding hydrogens is 246 g/mol. The Bertz CT molecular complexity index is 336. The van der Waals surface area contributed by atoms with Gasteiger partial charge in [-0.3, -0.25) is 0 Å². The number of thioether (sulfide) groups is 1. The van der Waals surface area contributed by atoms with Gasteiger partial charge in [-0.15, -0.1) is 0 Å². The summed E-state index contributed by atoms with van der Waals surface area (Å²) in [6, 6.07) is 1.96. The lowest BCUT2D eigenvalue weighted by atomic mass is 10.4. The van der Waals surface area contributed by atoms with Gasteiger partial charge in [-0.2, -0.15) is 11.8 Å². The van der Waals surface area contributed by atoms with E-state index < -0.39 is 0 Å². The number of methoxy groups -OCH3 is 1. The maximum absolute atomic E-state index is 4.98. The van der Waals surface area contributed by atoms with E-state index in [2.05, 4.69) is 29.1 Å². The third-order valence-corrected chi connectivity index (χ3v) is 3.95. The van der Waals surface area contributed by atoms with Gasteiger partial charge in [0.05, 0.1) is 18.1 Å². The van der Waals surface area contributed by atoms with Crippen molar-refractivity contribution in [3.8, 4) is 0 Å². The average molecular weight is 269 g/mol. The Morgan fingerprint density at radius 2 is 2.33 bits per heavy atom. The summed E-state index contributed by atoms with van der Waals surface area (Å²) < 4.78 is 4.98. The van der Waals surface area contributed by atoms with Crippen molar-refractivity contribution in [3.05, 3.63) is 23.8 Å². The molecule has 0 saturated carbocycles. The van der Waals surface area contributed by atoms with Crippen LogP contribution >= 0.6 is 11.8 Å². The van der Waals surface area contributed by atoms with E-state index in [1.54, 1.807) is 7.11 Å². The summed E-state index contributed by atoms with van der Waals surface area (Å²) in [7, 11) is 1.70. The van der Waals surface area contributed by atoms with Crippen LogP contribution < -0.4 is 5.32 Å². The zero-order chi connectivity index (χ0) is 13.2. The predicted molar refractivity (Wildman–Crippen MR) is 76.7 cm³/mol. The Kier molecular flexibility index (Phi) is 7.96. The number of ether oxygens (including phenoxy) is 1. The van der Waals surface area contributed by atoms with Crippen molar-refractivity contribution in [3.63, 3.8) is 0 Å². The van der Waals surface area contributed by atoms with Gasteiger partial charge in [0.1, 0.15) is 5.82 Å².